The maximum Gasteiger partial charge on any atom is 0.253 e. The van der Waals surface area contributed by atoms with E-state index >= 15 is 0 Å². The minimum absolute atomic E-state index is 0.0442. The second-order valence-corrected chi connectivity index (χ2v) is 9.07. The van der Waals surface area contributed by atoms with Gasteiger partial charge < -0.3 is 4.90 Å². The summed E-state index contributed by atoms with van der Waals surface area (Å²) in [4.78, 5) is 27.9. The number of amides is 1. The first-order valence-electron chi connectivity index (χ1n) is 10.7. The maximum atomic E-state index is 13.1. The number of rotatable bonds is 2. The zero-order chi connectivity index (χ0) is 21.8. The highest BCUT2D eigenvalue weighted by molar-refractivity contribution is 5.99. The molecule has 0 bridgehead atoms. The Morgan fingerprint density at radius 3 is 2.74 bits per heavy atom. The van der Waals surface area contributed by atoms with Crippen LogP contribution < -0.4 is 0 Å². The number of H-pyrrole nitrogens is 1. The molecule has 1 aliphatic carbocycles. The number of hydrogen-bond donors (Lipinski definition) is 1. The molecule has 0 atom stereocenters. The molecule has 0 saturated carbocycles. The molecule has 2 aliphatic rings. The molecule has 1 aliphatic heterocycles. The molecule has 8 nitrogen and oxygen atoms in total. The van der Waals surface area contributed by atoms with Gasteiger partial charge in [0.25, 0.3) is 5.91 Å². The first-order chi connectivity index (χ1) is 14.9. The summed E-state index contributed by atoms with van der Waals surface area (Å²) in [6, 6.07) is 7.50. The Labute approximate surface area is 179 Å². The van der Waals surface area contributed by atoms with Gasteiger partial charge in [0.1, 0.15) is 11.8 Å². The van der Waals surface area contributed by atoms with Crippen molar-refractivity contribution in [2.75, 3.05) is 13.1 Å². The Bertz CT molecular complexity index is 1240. The third kappa shape index (κ3) is 3.12. The molecule has 158 valence electrons. The van der Waals surface area contributed by atoms with Crippen LogP contribution in [0.1, 0.15) is 71.3 Å². The highest BCUT2D eigenvalue weighted by Crippen LogP contribution is 2.44. The second-order valence-electron chi connectivity index (χ2n) is 9.07. The van der Waals surface area contributed by atoms with Crippen LogP contribution in [-0.2, 0) is 6.42 Å². The average molecular weight is 416 g/mol. The van der Waals surface area contributed by atoms with Crippen LogP contribution in [0.15, 0.2) is 24.4 Å². The minimum Gasteiger partial charge on any atom is -0.339 e. The van der Waals surface area contributed by atoms with Gasteiger partial charge in [0.15, 0.2) is 11.5 Å². The standard InChI is InChI=1S/C23H24N6O2/c1-14(2)29-21-16(13-25-29)10-23(11-20(21)30)5-7-28(8-6-23)22(31)15-3-4-18-17(9-15)19(12-24)27-26-18/h3-4,9,13-14H,5-8,10-11H2,1-2H3,(H,26,27). The van der Waals surface area contributed by atoms with E-state index in [2.05, 4.69) is 15.3 Å². The van der Waals surface area contributed by atoms with Crippen molar-refractivity contribution in [3.63, 3.8) is 0 Å². The van der Waals surface area contributed by atoms with Gasteiger partial charge in [0.2, 0.25) is 0 Å². The first-order valence-corrected chi connectivity index (χ1v) is 10.7. The number of aromatic nitrogens is 4. The Morgan fingerprint density at radius 1 is 1.26 bits per heavy atom. The van der Waals surface area contributed by atoms with Crippen molar-refractivity contribution in [3.8, 4) is 6.07 Å². The van der Waals surface area contributed by atoms with Crippen LogP contribution in [0.4, 0.5) is 0 Å². The molecule has 31 heavy (non-hydrogen) atoms. The Morgan fingerprint density at radius 2 is 2.03 bits per heavy atom. The predicted molar refractivity (Wildman–Crippen MR) is 114 cm³/mol. The molecule has 1 aromatic carbocycles. The molecule has 3 heterocycles. The normalized spacial score (nSPS) is 17.9. The van der Waals surface area contributed by atoms with Gasteiger partial charge in [-0.25, -0.2) is 0 Å². The predicted octanol–water partition coefficient (Wildman–Crippen LogP) is 3.26. The lowest BCUT2D eigenvalue weighted by Crippen LogP contribution is -2.46. The van der Waals surface area contributed by atoms with Crippen molar-refractivity contribution < 1.29 is 9.59 Å². The number of nitrogens with one attached hydrogen (secondary N) is 1. The molecule has 3 aromatic rings. The number of fused-ring (bicyclic) bond motifs is 2. The van der Waals surface area contributed by atoms with Crippen LogP contribution in [0.5, 0.6) is 0 Å². The molecule has 5 rings (SSSR count). The van der Waals surface area contributed by atoms with Crippen LogP contribution in [0, 0.1) is 16.7 Å². The molecule has 0 unspecified atom stereocenters. The lowest BCUT2D eigenvalue weighted by molar-refractivity contribution is 0.0517. The third-order valence-electron chi connectivity index (χ3n) is 6.75. The fourth-order valence-corrected chi connectivity index (χ4v) is 5.07. The molecule has 1 N–H and O–H groups in total. The van der Waals surface area contributed by atoms with Crippen LogP contribution in [0.25, 0.3) is 10.9 Å². The lowest BCUT2D eigenvalue weighted by Gasteiger charge is -2.43. The maximum absolute atomic E-state index is 13.1. The molecule has 8 heteroatoms. The molecular formula is C23H24N6O2. The monoisotopic (exact) mass is 416 g/mol. The number of benzene rings is 1. The van der Waals surface area contributed by atoms with E-state index in [1.54, 1.807) is 18.2 Å². The van der Waals surface area contributed by atoms with Gasteiger partial charge in [-0.05, 0) is 56.7 Å². The highest BCUT2D eigenvalue weighted by atomic mass is 16.2. The summed E-state index contributed by atoms with van der Waals surface area (Å²) in [7, 11) is 0. The molecule has 1 fully saturated rings. The van der Waals surface area contributed by atoms with Gasteiger partial charge in [-0.15, -0.1) is 0 Å². The van der Waals surface area contributed by atoms with E-state index in [-0.39, 0.29) is 23.1 Å². The number of nitrogens with zero attached hydrogens (tertiary/aromatic N) is 5. The van der Waals surface area contributed by atoms with Crippen LogP contribution in [0.2, 0.25) is 0 Å². The zero-order valence-electron chi connectivity index (χ0n) is 17.7. The van der Waals surface area contributed by atoms with Crippen molar-refractivity contribution in [2.24, 2.45) is 5.41 Å². The quantitative estimate of drug-likeness (QED) is 0.690. The number of carbonyl (C=O) groups is 2. The number of piperidine rings is 1. The van der Waals surface area contributed by atoms with Crippen molar-refractivity contribution >= 4 is 22.6 Å². The lowest BCUT2D eigenvalue weighted by atomic mass is 9.67. The van der Waals surface area contributed by atoms with Crippen molar-refractivity contribution in [1.82, 2.24) is 24.9 Å². The van der Waals surface area contributed by atoms with Crippen molar-refractivity contribution in [2.45, 2.75) is 45.6 Å². The summed E-state index contributed by atoms with van der Waals surface area (Å²) < 4.78 is 1.84. The summed E-state index contributed by atoms with van der Waals surface area (Å²) >= 11 is 0. The zero-order valence-corrected chi connectivity index (χ0v) is 17.7. The summed E-state index contributed by atoms with van der Waals surface area (Å²) in [6.07, 6.45) is 4.81. The van der Waals surface area contributed by atoms with Gasteiger partial charge >= 0.3 is 0 Å². The molecule has 1 amide bonds. The number of Topliss-reactive ketones (excluding diaryl/α,β-unsaturated/α-hetero) is 1. The van der Waals surface area contributed by atoms with Gasteiger partial charge in [0, 0.05) is 42.1 Å². The fraction of sp³-hybridized carbons (Fsp3) is 0.435. The van der Waals surface area contributed by atoms with E-state index in [1.165, 1.54) is 0 Å². The van der Waals surface area contributed by atoms with Crippen LogP contribution >= 0.6 is 0 Å². The van der Waals surface area contributed by atoms with Crippen molar-refractivity contribution in [1.29, 1.82) is 5.26 Å². The topological polar surface area (TPSA) is 108 Å². The van der Waals surface area contributed by atoms with E-state index in [9.17, 15) is 14.9 Å². The number of aromatic amines is 1. The smallest absolute Gasteiger partial charge is 0.253 e. The summed E-state index contributed by atoms with van der Waals surface area (Å²) in [5.74, 6) is 0.124. The third-order valence-corrected chi connectivity index (χ3v) is 6.75. The van der Waals surface area contributed by atoms with E-state index < -0.39 is 0 Å². The Hall–Kier alpha value is -3.47. The summed E-state index contributed by atoms with van der Waals surface area (Å²) in [5.41, 5.74) is 3.31. The first kappa shape index (κ1) is 19.5. The fourth-order valence-electron chi connectivity index (χ4n) is 5.07. The minimum atomic E-state index is -0.0891. The van der Waals surface area contributed by atoms with E-state index in [0.29, 0.717) is 36.2 Å². The van der Waals surface area contributed by atoms with E-state index in [1.807, 2.05) is 35.7 Å². The van der Waals surface area contributed by atoms with Crippen molar-refractivity contribution in [3.05, 3.63) is 46.9 Å². The Kier molecular flexibility index (Phi) is 4.43. The van der Waals surface area contributed by atoms with Crippen LogP contribution in [-0.4, -0.2) is 49.7 Å². The largest absolute Gasteiger partial charge is 0.339 e. The molecule has 1 saturated heterocycles. The second kappa shape index (κ2) is 7.05. The number of likely N-dealkylation sites (tertiary alicyclic amines) is 1. The molecule has 1 spiro atoms. The van der Waals surface area contributed by atoms with Gasteiger partial charge in [-0.2, -0.15) is 15.5 Å². The molecule has 2 aromatic heterocycles. The van der Waals surface area contributed by atoms with E-state index in [4.69, 9.17) is 0 Å². The SMILES string of the molecule is CC(C)n1ncc2c1C(=O)CC1(CCN(C(=O)c3ccc4[nH]nc(C#N)c4c3)CC1)C2. The summed E-state index contributed by atoms with van der Waals surface area (Å²) in [5, 5.41) is 21.1. The van der Waals surface area contributed by atoms with Gasteiger partial charge in [-0.3, -0.25) is 19.4 Å². The number of nitriles is 1. The molecular weight excluding hydrogens is 392 g/mol. The molecule has 0 radical (unpaired) electrons. The van der Waals surface area contributed by atoms with Crippen LogP contribution in [0.3, 0.4) is 0 Å². The highest BCUT2D eigenvalue weighted by Gasteiger charge is 2.43. The number of ketones is 1. The van der Waals surface area contributed by atoms with Gasteiger partial charge in [-0.1, -0.05) is 0 Å². The number of hydrogen-bond acceptors (Lipinski definition) is 5. The Balaban J connectivity index is 1.33. The van der Waals surface area contributed by atoms with E-state index in [0.717, 1.165) is 36.0 Å². The number of carbonyl (C=O) groups excluding carboxylic acids is 2. The van der Waals surface area contributed by atoms with Gasteiger partial charge in [0.05, 0.1) is 11.7 Å². The average Bonchev–Trinajstić information content (AvgIpc) is 3.37. The summed E-state index contributed by atoms with van der Waals surface area (Å²) in [6.45, 7) is 5.31.